The highest BCUT2D eigenvalue weighted by molar-refractivity contribution is 6.08. The van der Waals surface area contributed by atoms with Crippen LogP contribution in [0.15, 0.2) is 55.1 Å². The summed E-state index contributed by atoms with van der Waals surface area (Å²) in [4.78, 5) is 42.1. The molecule has 2 aromatic carbocycles. The van der Waals surface area contributed by atoms with Crippen LogP contribution in [0.1, 0.15) is 27.3 Å². The molecule has 5 rings (SSSR count). The Bertz CT molecular complexity index is 1350. The molecule has 0 atom stereocenters. The summed E-state index contributed by atoms with van der Waals surface area (Å²) in [5.41, 5.74) is 4.08. The van der Waals surface area contributed by atoms with Gasteiger partial charge in [-0.1, -0.05) is 12.6 Å². The Labute approximate surface area is 209 Å². The van der Waals surface area contributed by atoms with Crippen LogP contribution in [0.3, 0.4) is 0 Å². The fraction of sp³-hybridized carbons (Fsp3) is 0.296. The molecule has 186 valence electrons. The molecular weight excluding hydrogens is 456 g/mol. The Morgan fingerprint density at radius 3 is 2.58 bits per heavy atom. The number of fused-ring (bicyclic) bond motifs is 3. The number of piperazine rings is 1. The number of carbonyl (C=O) groups is 3. The van der Waals surface area contributed by atoms with E-state index in [9.17, 15) is 14.4 Å². The van der Waals surface area contributed by atoms with E-state index in [1.54, 1.807) is 12.1 Å². The van der Waals surface area contributed by atoms with Crippen LogP contribution in [0.4, 0.5) is 17.1 Å². The van der Waals surface area contributed by atoms with E-state index >= 15 is 0 Å². The number of amides is 3. The standard InChI is InChI=1S/C27H30N6O3/c1-3-25(34)30-21-17-20(7-8-22(21)32-13-11-31(2)12-14-32)29-26(35)19-6-5-18-15-24-27(36)28-9-4-10-33(24)23(18)16-19/h3,5-8,15-17H,1,4,9-14H2,2H3,(H,28,36)(H,29,35)(H,30,34). The molecule has 0 bridgehead atoms. The first-order chi connectivity index (χ1) is 17.4. The molecular formula is C27H30N6O3. The summed E-state index contributed by atoms with van der Waals surface area (Å²) >= 11 is 0. The van der Waals surface area contributed by atoms with Crippen molar-refractivity contribution in [2.24, 2.45) is 0 Å². The van der Waals surface area contributed by atoms with Crippen LogP contribution in [-0.2, 0) is 11.3 Å². The second kappa shape index (κ2) is 9.87. The molecule has 3 N–H and O–H groups in total. The van der Waals surface area contributed by atoms with Crippen molar-refractivity contribution in [1.82, 2.24) is 14.8 Å². The molecule has 1 fully saturated rings. The van der Waals surface area contributed by atoms with Crippen molar-refractivity contribution in [1.29, 1.82) is 0 Å². The topological polar surface area (TPSA) is 98.7 Å². The minimum Gasteiger partial charge on any atom is -0.367 e. The van der Waals surface area contributed by atoms with Gasteiger partial charge in [0, 0.05) is 61.4 Å². The lowest BCUT2D eigenvalue weighted by Gasteiger charge is -2.35. The predicted molar refractivity (Wildman–Crippen MR) is 142 cm³/mol. The van der Waals surface area contributed by atoms with Crippen LogP contribution in [0, 0.1) is 0 Å². The van der Waals surface area contributed by atoms with Gasteiger partial charge in [0.2, 0.25) is 5.91 Å². The molecule has 9 nitrogen and oxygen atoms in total. The number of carbonyl (C=O) groups excluding carboxylic acids is 3. The number of hydrogen-bond donors (Lipinski definition) is 3. The number of benzene rings is 2. The van der Waals surface area contributed by atoms with Gasteiger partial charge >= 0.3 is 0 Å². The van der Waals surface area contributed by atoms with E-state index in [2.05, 4.69) is 39.4 Å². The van der Waals surface area contributed by atoms with Gasteiger partial charge in [-0.2, -0.15) is 0 Å². The molecule has 2 aliphatic rings. The second-order valence-corrected chi connectivity index (χ2v) is 9.23. The van der Waals surface area contributed by atoms with Gasteiger partial charge in [0.05, 0.1) is 11.4 Å². The normalized spacial score (nSPS) is 16.1. The van der Waals surface area contributed by atoms with Gasteiger partial charge < -0.3 is 30.3 Å². The van der Waals surface area contributed by atoms with Gasteiger partial charge in [-0.3, -0.25) is 14.4 Å². The summed E-state index contributed by atoms with van der Waals surface area (Å²) in [5.74, 6) is -0.666. The first-order valence-electron chi connectivity index (χ1n) is 12.2. The third-order valence-electron chi connectivity index (χ3n) is 6.78. The van der Waals surface area contributed by atoms with Crippen LogP contribution < -0.4 is 20.9 Å². The van der Waals surface area contributed by atoms with Crippen molar-refractivity contribution < 1.29 is 14.4 Å². The van der Waals surface area contributed by atoms with E-state index in [4.69, 9.17) is 0 Å². The lowest BCUT2D eigenvalue weighted by Crippen LogP contribution is -2.44. The number of nitrogens with zero attached hydrogens (tertiary/aromatic N) is 3. The Balaban J connectivity index is 1.41. The maximum Gasteiger partial charge on any atom is 0.267 e. The SMILES string of the molecule is C=CC(=O)Nc1cc(NC(=O)c2ccc3cc4n(c3c2)CCCNC4=O)ccc1N1CCN(C)CC1. The van der Waals surface area contributed by atoms with Crippen molar-refractivity contribution in [3.63, 3.8) is 0 Å². The highest BCUT2D eigenvalue weighted by atomic mass is 16.2. The Kier molecular flexibility index (Phi) is 6.47. The zero-order valence-corrected chi connectivity index (χ0v) is 20.3. The van der Waals surface area contributed by atoms with Gasteiger partial charge in [-0.05, 0) is 55.9 Å². The molecule has 1 saturated heterocycles. The monoisotopic (exact) mass is 486 g/mol. The van der Waals surface area contributed by atoms with E-state index in [0.717, 1.165) is 49.2 Å². The van der Waals surface area contributed by atoms with Crippen molar-refractivity contribution >= 4 is 45.7 Å². The number of likely N-dealkylation sites (N-methyl/N-ethyl adjacent to an activating group) is 1. The van der Waals surface area contributed by atoms with Gasteiger partial charge in [0.1, 0.15) is 5.69 Å². The third-order valence-corrected chi connectivity index (χ3v) is 6.78. The Morgan fingerprint density at radius 2 is 1.81 bits per heavy atom. The highest BCUT2D eigenvalue weighted by Gasteiger charge is 2.21. The fourth-order valence-electron chi connectivity index (χ4n) is 4.78. The highest BCUT2D eigenvalue weighted by Crippen LogP contribution is 2.31. The molecule has 0 aliphatic carbocycles. The predicted octanol–water partition coefficient (Wildman–Crippen LogP) is 2.90. The van der Waals surface area contributed by atoms with Crippen molar-refractivity contribution in [3.8, 4) is 0 Å². The van der Waals surface area contributed by atoms with Crippen molar-refractivity contribution in [2.75, 3.05) is 55.3 Å². The van der Waals surface area contributed by atoms with Gasteiger partial charge in [0.15, 0.2) is 0 Å². The van der Waals surface area contributed by atoms with Crippen LogP contribution in [0.25, 0.3) is 10.9 Å². The zero-order valence-electron chi connectivity index (χ0n) is 20.3. The third kappa shape index (κ3) is 4.70. The molecule has 0 spiro atoms. The Morgan fingerprint density at radius 1 is 1.00 bits per heavy atom. The molecule has 0 saturated carbocycles. The average molecular weight is 487 g/mol. The van der Waals surface area contributed by atoms with Gasteiger partial charge in [-0.15, -0.1) is 0 Å². The molecule has 3 heterocycles. The summed E-state index contributed by atoms with van der Waals surface area (Å²) in [6, 6.07) is 12.9. The van der Waals surface area contributed by atoms with E-state index in [-0.39, 0.29) is 17.7 Å². The van der Waals surface area contributed by atoms with Crippen molar-refractivity contribution in [2.45, 2.75) is 13.0 Å². The minimum atomic E-state index is -0.308. The molecule has 3 aromatic rings. The maximum atomic E-state index is 13.2. The lowest BCUT2D eigenvalue weighted by atomic mass is 10.1. The smallest absolute Gasteiger partial charge is 0.267 e. The minimum absolute atomic E-state index is 0.0933. The van der Waals surface area contributed by atoms with E-state index in [0.29, 0.717) is 35.7 Å². The zero-order chi connectivity index (χ0) is 25.2. The number of hydrogen-bond acceptors (Lipinski definition) is 5. The number of anilines is 3. The van der Waals surface area contributed by atoms with Crippen molar-refractivity contribution in [3.05, 3.63) is 66.4 Å². The lowest BCUT2D eigenvalue weighted by molar-refractivity contribution is -0.111. The number of rotatable bonds is 5. The van der Waals surface area contributed by atoms with Crippen LogP contribution in [0.2, 0.25) is 0 Å². The largest absolute Gasteiger partial charge is 0.367 e. The van der Waals surface area contributed by atoms with E-state index in [1.807, 2.05) is 34.9 Å². The molecule has 0 unspecified atom stereocenters. The average Bonchev–Trinajstić information content (AvgIpc) is 3.15. The fourth-order valence-corrected chi connectivity index (χ4v) is 4.78. The maximum absolute atomic E-state index is 13.2. The molecule has 2 aliphatic heterocycles. The van der Waals surface area contributed by atoms with E-state index < -0.39 is 0 Å². The summed E-state index contributed by atoms with van der Waals surface area (Å²) in [5, 5.41) is 9.66. The second-order valence-electron chi connectivity index (χ2n) is 9.23. The summed E-state index contributed by atoms with van der Waals surface area (Å²) in [7, 11) is 2.09. The molecule has 0 radical (unpaired) electrons. The van der Waals surface area contributed by atoms with Crippen LogP contribution >= 0.6 is 0 Å². The summed E-state index contributed by atoms with van der Waals surface area (Å²) in [6.07, 6.45) is 2.06. The summed E-state index contributed by atoms with van der Waals surface area (Å²) in [6.45, 7) is 8.45. The first-order valence-corrected chi connectivity index (χ1v) is 12.2. The molecule has 1 aromatic heterocycles. The quantitative estimate of drug-likeness (QED) is 0.482. The summed E-state index contributed by atoms with van der Waals surface area (Å²) < 4.78 is 1.97. The molecule has 36 heavy (non-hydrogen) atoms. The van der Waals surface area contributed by atoms with E-state index in [1.165, 1.54) is 6.08 Å². The van der Waals surface area contributed by atoms with Gasteiger partial charge in [-0.25, -0.2) is 0 Å². The number of aromatic nitrogens is 1. The van der Waals surface area contributed by atoms with Gasteiger partial charge in [0.25, 0.3) is 11.8 Å². The van der Waals surface area contributed by atoms with Crippen LogP contribution in [-0.4, -0.2) is 67.0 Å². The first kappa shape index (κ1) is 23.6. The molecule has 3 amide bonds. The van der Waals surface area contributed by atoms with Crippen LogP contribution in [0.5, 0.6) is 0 Å². The molecule has 9 heteroatoms. The Hall–Kier alpha value is -4.11. The number of nitrogens with one attached hydrogen (secondary N) is 3. The number of aryl methyl sites for hydroxylation is 1.